The summed E-state index contributed by atoms with van der Waals surface area (Å²) < 4.78 is 21.0. The molecule has 0 heterocycles. The number of alkyl halides is 1. The molecule has 0 radical (unpaired) electrons. The van der Waals surface area contributed by atoms with Crippen molar-refractivity contribution in [3.63, 3.8) is 0 Å². The second-order valence-electron chi connectivity index (χ2n) is 3.91. The van der Waals surface area contributed by atoms with E-state index in [1.54, 1.807) is 13.2 Å². The Labute approximate surface area is 136 Å². The molecule has 0 amide bonds. The van der Waals surface area contributed by atoms with Crippen molar-refractivity contribution >= 4 is 47.8 Å². The molecule has 0 bridgehead atoms. The van der Waals surface area contributed by atoms with Gasteiger partial charge >= 0.3 is 0 Å². The van der Waals surface area contributed by atoms with E-state index in [9.17, 15) is 4.39 Å². The fraction of sp³-hybridized carbons (Fsp3) is 0.143. The molecule has 0 aliphatic carbocycles. The van der Waals surface area contributed by atoms with Crippen LogP contribution in [0, 0.1) is 5.82 Å². The molecule has 0 saturated heterocycles. The third kappa shape index (κ3) is 3.38. The van der Waals surface area contributed by atoms with Crippen molar-refractivity contribution in [2.75, 3.05) is 7.11 Å². The van der Waals surface area contributed by atoms with Crippen molar-refractivity contribution in [3.05, 3.63) is 62.3 Å². The highest BCUT2D eigenvalue weighted by molar-refractivity contribution is 9.10. The predicted molar refractivity (Wildman–Crippen MR) is 85.6 cm³/mol. The van der Waals surface area contributed by atoms with Crippen molar-refractivity contribution < 1.29 is 9.13 Å². The second kappa shape index (κ2) is 6.37. The Morgan fingerprint density at radius 2 is 1.63 bits per heavy atom. The van der Waals surface area contributed by atoms with Gasteiger partial charge in [-0.2, -0.15) is 0 Å². The Morgan fingerprint density at radius 3 is 2.26 bits per heavy atom. The fourth-order valence-corrected chi connectivity index (χ4v) is 3.22. The Hall–Kier alpha value is -0.390. The van der Waals surface area contributed by atoms with Crippen LogP contribution in [0.4, 0.5) is 4.39 Å². The summed E-state index contributed by atoms with van der Waals surface area (Å²) in [6, 6.07) is 10.7. The summed E-state index contributed by atoms with van der Waals surface area (Å²) >= 11 is 10.2. The minimum Gasteiger partial charge on any atom is -0.496 e. The van der Waals surface area contributed by atoms with E-state index in [0.717, 1.165) is 14.5 Å². The van der Waals surface area contributed by atoms with E-state index < -0.39 is 0 Å². The van der Waals surface area contributed by atoms with Crippen LogP contribution in [0.2, 0.25) is 0 Å². The van der Waals surface area contributed by atoms with Crippen molar-refractivity contribution in [2.24, 2.45) is 0 Å². The number of methoxy groups -OCH3 is 1. The molecule has 0 aliphatic heterocycles. The van der Waals surface area contributed by atoms with Crippen LogP contribution in [-0.4, -0.2) is 7.11 Å². The SMILES string of the molecule is COc1ccc(Br)cc1C(Br)c1ccc(Br)cc1F. The van der Waals surface area contributed by atoms with Gasteiger partial charge in [0.25, 0.3) is 0 Å². The minimum atomic E-state index is -0.270. The van der Waals surface area contributed by atoms with Crippen molar-refractivity contribution in [1.82, 2.24) is 0 Å². The van der Waals surface area contributed by atoms with E-state index in [4.69, 9.17) is 4.74 Å². The van der Waals surface area contributed by atoms with Crippen LogP contribution in [0.1, 0.15) is 16.0 Å². The molecule has 0 spiro atoms. The predicted octanol–water partition coefficient (Wildman–Crippen LogP) is 5.84. The standard InChI is InChI=1S/C14H10Br3FO/c1-19-13-5-3-8(15)6-11(13)14(17)10-4-2-9(16)7-12(10)18/h2-7,14H,1H3. The van der Waals surface area contributed by atoms with Crippen LogP contribution in [0.3, 0.4) is 0 Å². The summed E-state index contributed by atoms with van der Waals surface area (Å²) in [6.45, 7) is 0. The molecule has 2 aromatic rings. The zero-order chi connectivity index (χ0) is 14.0. The maximum atomic E-state index is 14.0. The lowest BCUT2D eigenvalue weighted by molar-refractivity contribution is 0.410. The number of ether oxygens (including phenoxy) is 1. The lowest BCUT2D eigenvalue weighted by Gasteiger charge is -2.16. The second-order valence-corrected chi connectivity index (χ2v) is 6.66. The van der Waals surface area contributed by atoms with Gasteiger partial charge in [-0.15, -0.1) is 0 Å². The topological polar surface area (TPSA) is 9.23 Å². The summed E-state index contributed by atoms with van der Waals surface area (Å²) in [6.07, 6.45) is 0. The summed E-state index contributed by atoms with van der Waals surface area (Å²) in [4.78, 5) is -0.270. The molecular formula is C14H10Br3FO. The van der Waals surface area contributed by atoms with Crippen LogP contribution in [0.25, 0.3) is 0 Å². The van der Waals surface area contributed by atoms with Gasteiger partial charge < -0.3 is 4.74 Å². The highest BCUT2D eigenvalue weighted by atomic mass is 79.9. The fourth-order valence-electron chi connectivity index (χ4n) is 1.78. The van der Waals surface area contributed by atoms with Crippen molar-refractivity contribution in [2.45, 2.75) is 4.83 Å². The van der Waals surface area contributed by atoms with E-state index in [1.807, 2.05) is 24.3 Å². The van der Waals surface area contributed by atoms with Gasteiger partial charge in [0, 0.05) is 20.1 Å². The van der Waals surface area contributed by atoms with Gasteiger partial charge in [0.05, 0.1) is 11.9 Å². The van der Waals surface area contributed by atoms with Gasteiger partial charge in [-0.05, 0) is 30.3 Å². The first kappa shape index (κ1) is 15.0. The molecule has 0 aliphatic rings. The molecule has 1 nitrogen and oxygen atoms in total. The van der Waals surface area contributed by atoms with E-state index in [-0.39, 0.29) is 10.6 Å². The van der Waals surface area contributed by atoms with Crippen LogP contribution < -0.4 is 4.74 Å². The van der Waals surface area contributed by atoms with E-state index in [2.05, 4.69) is 47.8 Å². The zero-order valence-electron chi connectivity index (χ0n) is 9.96. The number of rotatable bonds is 3. The molecule has 2 aromatic carbocycles. The maximum Gasteiger partial charge on any atom is 0.129 e. The molecule has 100 valence electrons. The van der Waals surface area contributed by atoms with Crippen LogP contribution >= 0.6 is 47.8 Å². The first-order valence-corrected chi connectivity index (χ1v) is 7.95. The lowest BCUT2D eigenvalue weighted by atomic mass is 10.0. The number of hydrogen-bond donors (Lipinski definition) is 0. The van der Waals surface area contributed by atoms with Crippen LogP contribution in [0.15, 0.2) is 45.3 Å². The Bertz CT molecular complexity index is 601. The average molecular weight is 453 g/mol. The van der Waals surface area contributed by atoms with E-state index >= 15 is 0 Å². The van der Waals surface area contributed by atoms with Gasteiger partial charge in [-0.3, -0.25) is 0 Å². The van der Waals surface area contributed by atoms with Crippen LogP contribution in [0.5, 0.6) is 5.75 Å². The monoisotopic (exact) mass is 450 g/mol. The molecule has 5 heteroatoms. The summed E-state index contributed by atoms with van der Waals surface area (Å²) in [7, 11) is 1.60. The molecule has 0 aromatic heterocycles. The Morgan fingerprint density at radius 1 is 1.00 bits per heavy atom. The molecule has 2 rings (SSSR count). The molecule has 1 unspecified atom stereocenters. The minimum absolute atomic E-state index is 0.265. The number of hydrogen-bond acceptors (Lipinski definition) is 1. The third-order valence-electron chi connectivity index (χ3n) is 2.70. The van der Waals surface area contributed by atoms with Crippen LogP contribution in [-0.2, 0) is 0 Å². The van der Waals surface area contributed by atoms with E-state index in [1.165, 1.54) is 6.07 Å². The molecule has 0 fully saturated rings. The van der Waals surface area contributed by atoms with Gasteiger partial charge in [0.1, 0.15) is 11.6 Å². The molecule has 1 atom stereocenters. The first-order valence-electron chi connectivity index (χ1n) is 5.45. The van der Waals surface area contributed by atoms with Gasteiger partial charge in [0.2, 0.25) is 0 Å². The van der Waals surface area contributed by atoms with Crippen molar-refractivity contribution in [3.8, 4) is 5.75 Å². The molecule has 0 N–H and O–H groups in total. The van der Waals surface area contributed by atoms with Gasteiger partial charge in [-0.25, -0.2) is 4.39 Å². The summed E-state index contributed by atoms with van der Waals surface area (Å²) in [5, 5.41) is 0. The Balaban J connectivity index is 2.49. The van der Waals surface area contributed by atoms with Gasteiger partial charge in [-0.1, -0.05) is 53.9 Å². The average Bonchev–Trinajstić information content (AvgIpc) is 2.38. The van der Waals surface area contributed by atoms with Gasteiger partial charge in [0.15, 0.2) is 0 Å². The lowest BCUT2D eigenvalue weighted by Crippen LogP contribution is -1.99. The third-order valence-corrected chi connectivity index (χ3v) is 4.67. The largest absolute Gasteiger partial charge is 0.496 e. The van der Waals surface area contributed by atoms with Crippen molar-refractivity contribution in [1.29, 1.82) is 0 Å². The highest BCUT2D eigenvalue weighted by Crippen LogP contribution is 2.39. The Kier molecular flexibility index (Phi) is 5.03. The number of halogens is 4. The zero-order valence-corrected chi connectivity index (χ0v) is 14.7. The summed E-state index contributed by atoms with van der Waals surface area (Å²) in [5.41, 5.74) is 1.44. The maximum absolute atomic E-state index is 14.0. The molecule has 19 heavy (non-hydrogen) atoms. The quantitative estimate of drug-likeness (QED) is 0.531. The molecular weight excluding hydrogens is 443 g/mol. The highest BCUT2D eigenvalue weighted by Gasteiger charge is 2.19. The smallest absolute Gasteiger partial charge is 0.129 e. The molecule has 0 saturated carbocycles. The first-order chi connectivity index (χ1) is 9.02. The number of benzene rings is 2. The van der Waals surface area contributed by atoms with E-state index in [0.29, 0.717) is 11.3 Å². The summed E-state index contributed by atoms with van der Waals surface area (Å²) in [5.74, 6) is 0.450. The normalized spacial score (nSPS) is 12.3.